The Morgan fingerprint density at radius 1 is 1.53 bits per heavy atom. The molecule has 0 aliphatic carbocycles. The Morgan fingerprint density at radius 3 is 2.84 bits per heavy atom. The lowest BCUT2D eigenvalue weighted by molar-refractivity contribution is -0.141. The van der Waals surface area contributed by atoms with Crippen molar-refractivity contribution in [1.82, 2.24) is 20.0 Å². The van der Waals surface area contributed by atoms with Crippen molar-refractivity contribution in [2.24, 2.45) is 7.05 Å². The minimum atomic E-state index is -0.413. The fourth-order valence-corrected chi connectivity index (χ4v) is 2.24. The van der Waals surface area contributed by atoms with Gasteiger partial charge in [-0.2, -0.15) is 5.10 Å². The number of nitrogens with zero attached hydrogens (tertiary/aromatic N) is 3. The molecule has 0 radical (unpaired) electrons. The van der Waals surface area contributed by atoms with Gasteiger partial charge < -0.3 is 0 Å². The number of aryl methyl sites for hydroxylation is 1. The molecule has 1 saturated heterocycles. The molecular formula is C13H20N4O2. The van der Waals surface area contributed by atoms with Gasteiger partial charge in [-0.1, -0.05) is 6.92 Å². The normalized spacial score (nSPS) is 21.2. The quantitative estimate of drug-likeness (QED) is 0.783. The number of imide groups is 1. The van der Waals surface area contributed by atoms with Gasteiger partial charge in [-0.25, -0.2) is 0 Å². The number of hydrogen-bond donors (Lipinski definition) is 1. The van der Waals surface area contributed by atoms with Crippen LogP contribution in [0, 0.1) is 0 Å². The van der Waals surface area contributed by atoms with Crippen LogP contribution in [0.2, 0.25) is 0 Å². The van der Waals surface area contributed by atoms with Gasteiger partial charge in [0, 0.05) is 25.8 Å². The van der Waals surface area contributed by atoms with Crippen LogP contribution in [0.4, 0.5) is 0 Å². The molecule has 1 aliphatic heterocycles. The number of likely N-dealkylation sites (tertiary alicyclic amines) is 1. The van der Waals surface area contributed by atoms with E-state index in [-0.39, 0.29) is 24.3 Å². The summed E-state index contributed by atoms with van der Waals surface area (Å²) in [6.45, 7) is 4.37. The van der Waals surface area contributed by atoms with E-state index in [0.29, 0.717) is 6.54 Å². The smallest absolute Gasteiger partial charge is 0.247 e. The average molecular weight is 264 g/mol. The van der Waals surface area contributed by atoms with Crippen molar-refractivity contribution >= 4 is 11.8 Å². The van der Waals surface area contributed by atoms with Crippen LogP contribution in [-0.4, -0.2) is 38.6 Å². The summed E-state index contributed by atoms with van der Waals surface area (Å²) in [7, 11) is 1.85. The minimum absolute atomic E-state index is 0.0262. The topological polar surface area (TPSA) is 67.2 Å². The summed E-state index contributed by atoms with van der Waals surface area (Å²) in [4.78, 5) is 25.4. The van der Waals surface area contributed by atoms with Crippen molar-refractivity contribution in [2.75, 3.05) is 0 Å². The van der Waals surface area contributed by atoms with Crippen molar-refractivity contribution in [1.29, 1.82) is 0 Å². The van der Waals surface area contributed by atoms with Crippen LogP contribution in [-0.2, 0) is 23.2 Å². The second kappa shape index (κ2) is 5.52. The van der Waals surface area contributed by atoms with Gasteiger partial charge in [0.15, 0.2) is 0 Å². The Morgan fingerprint density at radius 2 is 2.26 bits per heavy atom. The molecule has 0 bridgehead atoms. The second-order valence-corrected chi connectivity index (χ2v) is 4.98. The number of nitrogens with one attached hydrogen (secondary N) is 1. The van der Waals surface area contributed by atoms with Gasteiger partial charge in [-0.15, -0.1) is 0 Å². The van der Waals surface area contributed by atoms with E-state index in [1.54, 1.807) is 4.68 Å². The number of amides is 2. The zero-order valence-electron chi connectivity index (χ0n) is 11.6. The van der Waals surface area contributed by atoms with Crippen LogP contribution >= 0.6 is 0 Å². The van der Waals surface area contributed by atoms with Gasteiger partial charge in [0.05, 0.1) is 18.2 Å². The Hall–Kier alpha value is -1.69. The SMILES string of the molecule is CCC(C)N1C(=O)CC(NCc2ccn(C)n2)C1=O. The molecule has 6 heteroatoms. The highest BCUT2D eigenvalue weighted by Crippen LogP contribution is 2.18. The number of carbonyl (C=O) groups excluding carboxylic acids is 2. The molecule has 1 aromatic heterocycles. The molecule has 2 atom stereocenters. The van der Waals surface area contributed by atoms with E-state index in [2.05, 4.69) is 10.4 Å². The predicted octanol–water partition coefficient (Wildman–Crippen LogP) is 0.436. The first-order valence-corrected chi connectivity index (χ1v) is 6.60. The van der Waals surface area contributed by atoms with Crippen LogP contribution in [0.5, 0.6) is 0 Å². The largest absolute Gasteiger partial charge is 0.300 e. The third-order valence-corrected chi connectivity index (χ3v) is 3.51. The summed E-state index contributed by atoms with van der Waals surface area (Å²) in [5.74, 6) is -0.201. The highest BCUT2D eigenvalue weighted by molar-refractivity contribution is 6.05. The van der Waals surface area contributed by atoms with Gasteiger partial charge in [0.2, 0.25) is 11.8 Å². The van der Waals surface area contributed by atoms with Gasteiger partial charge >= 0.3 is 0 Å². The van der Waals surface area contributed by atoms with E-state index < -0.39 is 6.04 Å². The Kier molecular flexibility index (Phi) is 3.99. The highest BCUT2D eigenvalue weighted by Gasteiger charge is 2.40. The number of rotatable bonds is 5. The van der Waals surface area contributed by atoms with Gasteiger partial charge in [-0.05, 0) is 19.4 Å². The summed E-state index contributed by atoms with van der Waals surface area (Å²) >= 11 is 0. The third kappa shape index (κ3) is 2.84. The van der Waals surface area contributed by atoms with Gasteiger partial charge in [-0.3, -0.25) is 24.5 Å². The van der Waals surface area contributed by atoms with Gasteiger partial charge in [0.1, 0.15) is 0 Å². The maximum absolute atomic E-state index is 12.2. The summed E-state index contributed by atoms with van der Waals surface area (Å²) in [6, 6.07) is 1.45. The third-order valence-electron chi connectivity index (χ3n) is 3.51. The molecule has 2 heterocycles. The maximum Gasteiger partial charge on any atom is 0.247 e. The van der Waals surface area contributed by atoms with E-state index in [0.717, 1.165) is 12.1 Å². The maximum atomic E-state index is 12.2. The van der Waals surface area contributed by atoms with E-state index in [9.17, 15) is 9.59 Å². The molecule has 1 aromatic rings. The van der Waals surface area contributed by atoms with E-state index in [1.165, 1.54) is 4.90 Å². The second-order valence-electron chi connectivity index (χ2n) is 4.98. The van der Waals surface area contributed by atoms with Crippen LogP contribution in [0.15, 0.2) is 12.3 Å². The van der Waals surface area contributed by atoms with Crippen molar-refractivity contribution < 1.29 is 9.59 Å². The number of hydrogen-bond acceptors (Lipinski definition) is 4. The van der Waals surface area contributed by atoms with Crippen molar-refractivity contribution in [3.63, 3.8) is 0 Å². The molecule has 2 rings (SSSR count). The minimum Gasteiger partial charge on any atom is -0.300 e. The molecule has 0 aromatic carbocycles. The summed E-state index contributed by atoms with van der Waals surface area (Å²) in [5, 5.41) is 7.34. The zero-order chi connectivity index (χ0) is 14.0. The van der Waals surface area contributed by atoms with Gasteiger partial charge in [0.25, 0.3) is 0 Å². The summed E-state index contributed by atoms with van der Waals surface area (Å²) in [5.41, 5.74) is 0.865. The molecule has 19 heavy (non-hydrogen) atoms. The molecule has 1 aliphatic rings. The monoisotopic (exact) mass is 264 g/mol. The summed E-state index contributed by atoms with van der Waals surface area (Å²) < 4.78 is 1.71. The molecular weight excluding hydrogens is 244 g/mol. The van der Waals surface area contributed by atoms with Crippen LogP contribution in [0.25, 0.3) is 0 Å². The van der Waals surface area contributed by atoms with E-state index in [4.69, 9.17) is 0 Å². The molecule has 1 fully saturated rings. The summed E-state index contributed by atoms with van der Waals surface area (Å²) in [6.07, 6.45) is 2.88. The molecule has 1 N–H and O–H groups in total. The Bertz CT molecular complexity index is 483. The standard InChI is InChI=1S/C13H20N4O2/c1-4-9(2)17-12(18)7-11(13(17)19)14-8-10-5-6-16(3)15-10/h5-6,9,11,14H,4,7-8H2,1-3H3. The number of aromatic nitrogens is 2. The van der Waals surface area contributed by atoms with Crippen LogP contribution in [0.1, 0.15) is 32.4 Å². The average Bonchev–Trinajstić information content (AvgIpc) is 2.90. The molecule has 0 spiro atoms. The molecule has 2 amide bonds. The van der Waals surface area contributed by atoms with E-state index in [1.807, 2.05) is 33.2 Å². The molecule has 104 valence electrons. The Labute approximate surface area is 112 Å². The molecule has 0 saturated carbocycles. The first-order chi connectivity index (χ1) is 9.02. The first kappa shape index (κ1) is 13.7. The van der Waals surface area contributed by atoms with Crippen LogP contribution < -0.4 is 5.32 Å². The lowest BCUT2D eigenvalue weighted by atomic mass is 10.2. The lowest BCUT2D eigenvalue weighted by Crippen LogP contribution is -2.42. The van der Waals surface area contributed by atoms with Crippen molar-refractivity contribution in [3.05, 3.63) is 18.0 Å². The molecule has 2 unspecified atom stereocenters. The Balaban J connectivity index is 1.95. The predicted molar refractivity (Wildman–Crippen MR) is 70.1 cm³/mol. The van der Waals surface area contributed by atoms with Crippen molar-refractivity contribution in [3.8, 4) is 0 Å². The van der Waals surface area contributed by atoms with E-state index >= 15 is 0 Å². The van der Waals surface area contributed by atoms with Crippen molar-refractivity contribution in [2.45, 2.75) is 45.3 Å². The highest BCUT2D eigenvalue weighted by atomic mass is 16.2. The molecule has 6 nitrogen and oxygen atoms in total. The number of carbonyl (C=O) groups is 2. The van der Waals surface area contributed by atoms with Crippen LogP contribution in [0.3, 0.4) is 0 Å². The zero-order valence-corrected chi connectivity index (χ0v) is 11.6. The lowest BCUT2D eigenvalue weighted by Gasteiger charge is -2.21. The fourth-order valence-electron chi connectivity index (χ4n) is 2.24. The fraction of sp³-hybridized carbons (Fsp3) is 0.615. The first-order valence-electron chi connectivity index (χ1n) is 6.60.